The first kappa shape index (κ1) is 29.8. The second-order valence-electron chi connectivity index (χ2n) is 11.0. The van der Waals surface area contributed by atoms with Crippen LogP contribution < -0.4 is 0 Å². The molecule has 1 unspecified atom stereocenters. The number of nitrogens with zero attached hydrogens (tertiary/aromatic N) is 2. The van der Waals surface area contributed by atoms with Gasteiger partial charge in [0.15, 0.2) is 0 Å². The molecule has 0 fully saturated rings. The van der Waals surface area contributed by atoms with Crippen LogP contribution in [0.15, 0.2) is 42.7 Å². The van der Waals surface area contributed by atoms with E-state index in [2.05, 4.69) is 66.4 Å². The average Bonchev–Trinajstić information content (AvgIpc) is 3.25. The Morgan fingerprint density at radius 1 is 0.514 bits per heavy atom. The zero-order chi connectivity index (χ0) is 24.8. The fraction of sp³-hybridized carbons (Fsp3) is 0.758. The Kier molecular flexibility index (Phi) is 17.6. The summed E-state index contributed by atoms with van der Waals surface area (Å²) in [6.45, 7) is 6.86. The Morgan fingerprint density at radius 3 is 1.51 bits per heavy atom. The summed E-state index contributed by atoms with van der Waals surface area (Å²) >= 11 is 0. The van der Waals surface area contributed by atoms with Crippen LogP contribution in [-0.2, 0) is 6.54 Å². The van der Waals surface area contributed by atoms with Gasteiger partial charge in [0, 0.05) is 25.5 Å². The van der Waals surface area contributed by atoms with Crippen molar-refractivity contribution in [1.29, 1.82) is 0 Å². The van der Waals surface area contributed by atoms with Crippen molar-refractivity contribution >= 4 is 0 Å². The van der Waals surface area contributed by atoms with Crippen LogP contribution >= 0.6 is 0 Å². The molecule has 2 rings (SSSR count). The Morgan fingerprint density at radius 2 is 0.971 bits per heavy atom. The highest BCUT2D eigenvalue weighted by Gasteiger charge is 2.25. The fourth-order valence-corrected chi connectivity index (χ4v) is 5.49. The number of hydrogen-bond acceptors (Lipinski definition) is 2. The van der Waals surface area contributed by atoms with Crippen LogP contribution in [0.25, 0.3) is 0 Å². The van der Waals surface area contributed by atoms with Crippen molar-refractivity contribution in [3.63, 3.8) is 0 Å². The van der Waals surface area contributed by atoms with Gasteiger partial charge in [0.1, 0.15) is 6.17 Å². The molecule has 0 radical (unpaired) electrons. The summed E-state index contributed by atoms with van der Waals surface area (Å²) in [6, 6.07) is 11.0. The molecule has 1 atom stereocenters. The molecule has 1 aromatic carbocycles. The van der Waals surface area contributed by atoms with Gasteiger partial charge < -0.3 is 9.80 Å². The van der Waals surface area contributed by atoms with E-state index in [4.69, 9.17) is 0 Å². The Hall–Kier alpha value is -1.44. The lowest BCUT2D eigenvalue weighted by atomic mass is 10.0. The van der Waals surface area contributed by atoms with E-state index in [9.17, 15) is 0 Å². The van der Waals surface area contributed by atoms with E-state index in [-0.39, 0.29) is 0 Å². The van der Waals surface area contributed by atoms with Crippen molar-refractivity contribution in [2.24, 2.45) is 0 Å². The van der Waals surface area contributed by atoms with Crippen LogP contribution in [0.1, 0.15) is 148 Å². The minimum absolute atomic E-state index is 0.554. The van der Waals surface area contributed by atoms with Crippen LogP contribution in [0, 0.1) is 0 Å². The van der Waals surface area contributed by atoms with Gasteiger partial charge in [-0.05, 0) is 24.8 Å². The molecular formula is C33H58N2. The van der Waals surface area contributed by atoms with Gasteiger partial charge in [-0.15, -0.1) is 0 Å². The molecule has 0 spiro atoms. The van der Waals surface area contributed by atoms with E-state index in [1.54, 1.807) is 0 Å². The summed E-state index contributed by atoms with van der Waals surface area (Å²) in [5.74, 6) is 0. The van der Waals surface area contributed by atoms with Crippen LogP contribution in [0.3, 0.4) is 0 Å². The molecule has 0 amide bonds. The average molecular weight is 483 g/mol. The van der Waals surface area contributed by atoms with Gasteiger partial charge in [0.2, 0.25) is 0 Å². The third kappa shape index (κ3) is 14.0. The summed E-state index contributed by atoms with van der Waals surface area (Å²) in [7, 11) is 0. The van der Waals surface area contributed by atoms with E-state index >= 15 is 0 Å². The Labute approximate surface area is 219 Å². The van der Waals surface area contributed by atoms with Crippen LogP contribution in [0.5, 0.6) is 0 Å². The Balaban J connectivity index is 1.58. The lowest BCUT2D eigenvalue weighted by molar-refractivity contribution is 0.132. The quantitative estimate of drug-likeness (QED) is 0.143. The van der Waals surface area contributed by atoms with Crippen molar-refractivity contribution in [1.82, 2.24) is 9.80 Å². The van der Waals surface area contributed by atoms with E-state index < -0.39 is 0 Å². The van der Waals surface area contributed by atoms with Gasteiger partial charge in [-0.1, -0.05) is 153 Å². The van der Waals surface area contributed by atoms with Crippen molar-refractivity contribution in [3.05, 3.63) is 48.3 Å². The summed E-state index contributed by atoms with van der Waals surface area (Å²) < 4.78 is 0. The second-order valence-corrected chi connectivity index (χ2v) is 11.0. The third-order valence-corrected chi connectivity index (χ3v) is 7.76. The monoisotopic (exact) mass is 482 g/mol. The van der Waals surface area contributed by atoms with Crippen LogP contribution in [0.4, 0.5) is 0 Å². The topological polar surface area (TPSA) is 6.48 Å². The molecule has 0 aliphatic carbocycles. The summed E-state index contributed by atoms with van der Waals surface area (Å²) in [6.07, 6.45) is 33.5. The van der Waals surface area contributed by atoms with Gasteiger partial charge in [-0.25, -0.2) is 0 Å². The molecule has 2 heteroatoms. The molecule has 200 valence electrons. The molecule has 35 heavy (non-hydrogen) atoms. The number of rotatable bonds is 23. The number of hydrogen-bond donors (Lipinski definition) is 0. The largest absolute Gasteiger partial charge is 0.356 e. The zero-order valence-electron chi connectivity index (χ0n) is 23.6. The first-order valence-corrected chi connectivity index (χ1v) is 15.6. The predicted molar refractivity (Wildman–Crippen MR) is 155 cm³/mol. The molecule has 1 aromatic rings. The smallest absolute Gasteiger partial charge is 0.101 e. The second kappa shape index (κ2) is 20.7. The molecule has 0 saturated heterocycles. The third-order valence-electron chi connectivity index (χ3n) is 7.76. The first-order chi connectivity index (χ1) is 17.3. The normalized spacial score (nSPS) is 15.4. The fourth-order valence-electron chi connectivity index (χ4n) is 5.49. The van der Waals surface area contributed by atoms with Crippen molar-refractivity contribution in [2.75, 3.05) is 6.54 Å². The molecule has 1 heterocycles. The van der Waals surface area contributed by atoms with Gasteiger partial charge in [-0.3, -0.25) is 0 Å². The molecule has 1 aliphatic heterocycles. The maximum atomic E-state index is 2.64. The maximum Gasteiger partial charge on any atom is 0.101 e. The minimum atomic E-state index is 0.554. The Bertz CT molecular complexity index is 611. The van der Waals surface area contributed by atoms with Crippen LogP contribution in [-0.4, -0.2) is 22.5 Å². The summed E-state index contributed by atoms with van der Waals surface area (Å²) in [5.41, 5.74) is 1.42. The molecule has 1 aliphatic rings. The lowest BCUT2D eigenvalue weighted by Crippen LogP contribution is -2.38. The van der Waals surface area contributed by atoms with Crippen molar-refractivity contribution in [3.8, 4) is 0 Å². The molecular weight excluding hydrogens is 424 g/mol. The molecule has 2 nitrogen and oxygen atoms in total. The highest BCUT2D eigenvalue weighted by Crippen LogP contribution is 2.25. The number of benzene rings is 1. The van der Waals surface area contributed by atoms with Gasteiger partial charge >= 0.3 is 0 Å². The van der Waals surface area contributed by atoms with Gasteiger partial charge in [0.25, 0.3) is 0 Å². The number of unbranched alkanes of at least 4 members (excludes halogenated alkanes) is 17. The van der Waals surface area contributed by atoms with E-state index in [1.807, 2.05) is 0 Å². The summed E-state index contributed by atoms with van der Waals surface area (Å²) in [4.78, 5) is 5.22. The molecule has 0 bridgehead atoms. The van der Waals surface area contributed by atoms with Gasteiger partial charge in [-0.2, -0.15) is 0 Å². The zero-order valence-corrected chi connectivity index (χ0v) is 23.6. The van der Waals surface area contributed by atoms with Crippen LogP contribution in [0.2, 0.25) is 0 Å². The predicted octanol–water partition coefficient (Wildman–Crippen LogP) is 10.4. The highest BCUT2D eigenvalue weighted by molar-refractivity contribution is 5.15. The molecule has 0 saturated carbocycles. The highest BCUT2D eigenvalue weighted by atomic mass is 15.4. The maximum absolute atomic E-state index is 2.64. The summed E-state index contributed by atoms with van der Waals surface area (Å²) in [5, 5.41) is 0. The van der Waals surface area contributed by atoms with E-state index in [0.717, 1.165) is 6.54 Å². The van der Waals surface area contributed by atoms with E-state index in [1.165, 1.54) is 141 Å². The van der Waals surface area contributed by atoms with Crippen molar-refractivity contribution < 1.29 is 0 Å². The molecule has 0 N–H and O–H groups in total. The standard InChI is InChI=1S/C33H58N2/c1-3-5-7-9-10-11-12-13-14-15-16-17-18-23-27-33-34(28-24-19-8-6-4-2)29-30-35(33)31-32-25-21-20-22-26-32/h20-22,25-26,29-30,33H,3-19,23-24,27-28,31H2,1-2H3. The first-order valence-electron chi connectivity index (χ1n) is 15.6. The minimum Gasteiger partial charge on any atom is -0.356 e. The lowest BCUT2D eigenvalue weighted by Gasteiger charge is -2.33. The van der Waals surface area contributed by atoms with Crippen molar-refractivity contribution in [2.45, 2.75) is 155 Å². The molecule has 0 aromatic heterocycles. The van der Waals surface area contributed by atoms with E-state index in [0.29, 0.717) is 6.17 Å². The SMILES string of the molecule is CCCCCCCCCCCCCCCCC1N(CCCCCCC)C=CN1Cc1ccccc1. The van der Waals surface area contributed by atoms with Gasteiger partial charge in [0.05, 0.1) is 0 Å².